The van der Waals surface area contributed by atoms with Crippen molar-refractivity contribution in [2.45, 2.75) is 44.3 Å². The number of aliphatic hydroxyl groups is 3. The van der Waals surface area contributed by atoms with Crippen LogP contribution in [0.4, 0.5) is 0 Å². The lowest BCUT2D eigenvalue weighted by atomic mass is 9.68. The second kappa shape index (κ2) is 7.29. The first-order chi connectivity index (χ1) is 13.7. The highest BCUT2D eigenvalue weighted by molar-refractivity contribution is 6.32. The fourth-order valence-corrected chi connectivity index (χ4v) is 4.36. The maximum atomic E-state index is 13.3. The molecule has 0 amide bonds. The number of allylic oxidation sites excluding steroid dienone is 4. The van der Waals surface area contributed by atoms with Gasteiger partial charge in [0.25, 0.3) is 0 Å². The highest BCUT2D eigenvalue weighted by Gasteiger charge is 2.42. The number of Topliss-reactive ketones (excluding diaryl/α,β-unsaturated/α-hetero) is 1. The van der Waals surface area contributed by atoms with E-state index < -0.39 is 24.2 Å². The summed E-state index contributed by atoms with van der Waals surface area (Å²) in [5, 5.41) is 29.7. The van der Waals surface area contributed by atoms with Gasteiger partial charge in [-0.2, -0.15) is 0 Å². The molecule has 0 bridgehead atoms. The number of aromatic amines is 1. The molecule has 0 saturated heterocycles. The van der Waals surface area contributed by atoms with Crippen LogP contribution < -0.4 is 0 Å². The number of nitrogens with one attached hydrogen (secondary N) is 1. The molecule has 154 valence electrons. The van der Waals surface area contributed by atoms with E-state index in [2.05, 4.69) is 18.8 Å². The molecule has 1 heterocycles. The Morgan fingerprint density at radius 2 is 2.00 bits per heavy atom. The van der Waals surface area contributed by atoms with Crippen molar-refractivity contribution in [3.63, 3.8) is 0 Å². The van der Waals surface area contributed by atoms with E-state index in [0.29, 0.717) is 29.2 Å². The van der Waals surface area contributed by atoms with Crippen LogP contribution in [0.25, 0.3) is 10.9 Å². The molecule has 2 aliphatic carbocycles. The molecule has 0 aliphatic heterocycles. The summed E-state index contributed by atoms with van der Waals surface area (Å²) in [5.74, 6) is 0.658. The van der Waals surface area contributed by atoms with Gasteiger partial charge >= 0.3 is 0 Å². The molecule has 4 rings (SSSR count). The molecule has 0 radical (unpaired) electrons. The third-order valence-electron chi connectivity index (χ3n) is 5.88. The molecule has 0 saturated carbocycles. The van der Waals surface area contributed by atoms with Gasteiger partial charge < -0.3 is 25.0 Å². The summed E-state index contributed by atoms with van der Waals surface area (Å²) in [6.07, 6.45) is 0.510. The average molecular weight is 418 g/mol. The summed E-state index contributed by atoms with van der Waals surface area (Å²) < 4.78 is 5.67. The van der Waals surface area contributed by atoms with Crippen LogP contribution >= 0.6 is 11.6 Å². The van der Waals surface area contributed by atoms with Crippen LogP contribution in [0.3, 0.4) is 0 Å². The Hall–Kier alpha value is -2.12. The predicted molar refractivity (Wildman–Crippen MR) is 110 cm³/mol. The molecule has 2 aliphatic rings. The quantitative estimate of drug-likeness (QED) is 0.599. The van der Waals surface area contributed by atoms with E-state index in [4.69, 9.17) is 21.4 Å². The van der Waals surface area contributed by atoms with E-state index in [9.17, 15) is 15.0 Å². The molecule has 0 spiro atoms. The Bertz CT molecular complexity index is 1050. The molecule has 7 heteroatoms. The number of benzene rings is 1. The van der Waals surface area contributed by atoms with Crippen molar-refractivity contribution in [1.29, 1.82) is 0 Å². The number of rotatable bonds is 5. The zero-order valence-electron chi connectivity index (χ0n) is 16.3. The maximum Gasteiger partial charge on any atom is 0.191 e. The third-order valence-corrected chi connectivity index (χ3v) is 6.12. The first kappa shape index (κ1) is 20.2. The number of hydrogen-bond donors (Lipinski definition) is 4. The van der Waals surface area contributed by atoms with Gasteiger partial charge in [-0.1, -0.05) is 25.4 Å². The number of fused-ring (bicyclic) bond motifs is 3. The molecular weight excluding hydrogens is 394 g/mol. The van der Waals surface area contributed by atoms with Gasteiger partial charge in [-0.05, 0) is 36.3 Å². The zero-order chi connectivity index (χ0) is 20.9. The molecule has 2 aromatic rings. The second-order valence-electron chi connectivity index (χ2n) is 8.15. The number of ketones is 1. The normalized spacial score (nSPS) is 20.2. The Morgan fingerprint density at radius 3 is 2.72 bits per heavy atom. The van der Waals surface area contributed by atoms with Crippen molar-refractivity contribution < 1.29 is 24.9 Å². The van der Waals surface area contributed by atoms with Gasteiger partial charge in [0.2, 0.25) is 0 Å². The van der Waals surface area contributed by atoms with E-state index in [1.54, 1.807) is 6.07 Å². The van der Waals surface area contributed by atoms with Crippen molar-refractivity contribution in [3.05, 3.63) is 57.5 Å². The molecule has 6 nitrogen and oxygen atoms in total. The number of carbonyl (C=O) groups excluding carboxylic acids is 1. The van der Waals surface area contributed by atoms with Gasteiger partial charge in [-0.3, -0.25) is 4.79 Å². The first-order valence-electron chi connectivity index (χ1n) is 9.64. The molecule has 29 heavy (non-hydrogen) atoms. The van der Waals surface area contributed by atoms with Gasteiger partial charge in [0.15, 0.2) is 5.78 Å². The fraction of sp³-hybridized carbons (Fsp3) is 0.409. The van der Waals surface area contributed by atoms with Gasteiger partial charge in [0.1, 0.15) is 18.8 Å². The minimum Gasteiger partial charge on any atom is -0.495 e. The van der Waals surface area contributed by atoms with Crippen LogP contribution in [0.1, 0.15) is 42.7 Å². The van der Waals surface area contributed by atoms with Crippen LogP contribution in [-0.2, 0) is 10.2 Å². The van der Waals surface area contributed by atoms with E-state index in [-0.39, 0.29) is 12.4 Å². The fourth-order valence-electron chi connectivity index (χ4n) is 4.19. The van der Waals surface area contributed by atoms with Crippen LogP contribution in [0.15, 0.2) is 41.2 Å². The van der Waals surface area contributed by atoms with E-state index in [0.717, 1.165) is 27.7 Å². The first-order valence-corrected chi connectivity index (χ1v) is 10.0. The SMILES string of the molecule is CC1(C)C2=C(CCC(OCC(O)C(O)CO)=C2)C(=O)c2c1[nH]c1ccc(Cl)cc21. The van der Waals surface area contributed by atoms with Gasteiger partial charge in [-0.25, -0.2) is 0 Å². The number of hydrogen-bond acceptors (Lipinski definition) is 5. The minimum atomic E-state index is -1.25. The number of aliphatic hydroxyl groups excluding tert-OH is 3. The van der Waals surface area contributed by atoms with E-state index in [1.165, 1.54) is 0 Å². The lowest BCUT2D eigenvalue weighted by molar-refractivity contribution is -0.0461. The molecular formula is C22H24ClNO5. The van der Waals surface area contributed by atoms with E-state index >= 15 is 0 Å². The zero-order valence-corrected chi connectivity index (χ0v) is 17.1. The monoisotopic (exact) mass is 417 g/mol. The lowest BCUT2D eigenvalue weighted by Gasteiger charge is -2.36. The minimum absolute atomic E-state index is 0.00822. The molecule has 2 unspecified atom stereocenters. The molecule has 1 aromatic carbocycles. The van der Waals surface area contributed by atoms with Crippen LogP contribution in [-0.4, -0.2) is 51.5 Å². The van der Waals surface area contributed by atoms with Gasteiger partial charge in [-0.15, -0.1) is 0 Å². The second-order valence-corrected chi connectivity index (χ2v) is 8.59. The van der Waals surface area contributed by atoms with Crippen molar-refractivity contribution in [3.8, 4) is 0 Å². The molecule has 2 atom stereocenters. The van der Waals surface area contributed by atoms with Crippen molar-refractivity contribution in [2.75, 3.05) is 13.2 Å². The molecule has 0 fully saturated rings. The Balaban J connectivity index is 1.70. The van der Waals surface area contributed by atoms with Gasteiger partial charge in [0, 0.05) is 39.0 Å². The van der Waals surface area contributed by atoms with Crippen LogP contribution in [0, 0.1) is 0 Å². The van der Waals surface area contributed by atoms with E-state index in [1.807, 2.05) is 18.2 Å². The standard InChI is InChI=1S/C22H24ClNO5/c1-22(2)15-8-12(29-10-18(27)17(26)9-25)4-5-13(15)20(28)19-14-7-11(23)3-6-16(14)24-21(19)22/h3,6-8,17-18,24-27H,4-5,9-10H2,1-2H3. The number of carbonyl (C=O) groups is 1. The van der Waals surface area contributed by atoms with Crippen molar-refractivity contribution in [2.24, 2.45) is 0 Å². The predicted octanol–water partition coefficient (Wildman–Crippen LogP) is 3.00. The Kier molecular flexibility index (Phi) is 5.07. The largest absolute Gasteiger partial charge is 0.495 e. The van der Waals surface area contributed by atoms with Crippen molar-refractivity contribution >= 4 is 28.3 Å². The molecule has 1 aromatic heterocycles. The van der Waals surface area contributed by atoms with Crippen LogP contribution in [0.2, 0.25) is 5.02 Å². The summed E-state index contributed by atoms with van der Waals surface area (Å²) in [4.78, 5) is 16.7. The number of aromatic nitrogens is 1. The lowest BCUT2D eigenvalue weighted by Crippen LogP contribution is -2.34. The maximum absolute atomic E-state index is 13.3. The topological polar surface area (TPSA) is 103 Å². The summed E-state index contributed by atoms with van der Waals surface area (Å²) >= 11 is 6.17. The summed E-state index contributed by atoms with van der Waals surface area (Å²) in [6.45, 7) is 3.47. The summed E-state index contributed by atoms with van der Waals surface area (Å²) in [6, 6.07) is 5.51. The highest BCUT2D eigenvalue weighted by atomic mass is 35.5. The third kappa shape index (κ3) is 3.30. The smallest absolute Gasteiger partial charge is 0.191 e. The number of halogens is 1. The Labute approximate surface area is 173 Å². The molecule has 4 N–H and O–H groups in total. The summed E-state index contributed by atoms with van der Waals surface area (Å²) in [7, 11) is 0. The van der Waals surface area contributed by atoms with Crippen LogP contribution in [0.5, 0.6) is 0 Å². The number of ether oxygens (including phenoxy) is 1. The average Bonchev–Trinajstić information content (AvgIpc) is 3.09. The van der Waals surface area contributed by atoms with Crippen molar-refractivity contribution in [1.82, 2.24) is 4.98 Å². The highest BCUT2D eigenvalue weighted by Crippen LogP contribution is 2.47. The number of H-pyrrole nitrogens is 1. The summed E-state index contributed by atoms with van der Waals surface area (Å²) in [5.41, 5.74) is 3.64. The van der Waals surface area contributed by atoms with Gasteiger partial charge in [0.05, 0.1) is 17.9 Å². The Morgan fingerprint density at radius 1 is 1.24 bits per heavy atom.